The van der Waals surface area contributed by atoms with Crippen LogP contribution in [-0.2, 0) is 24.8 Å². The van der Waals surface area contributed by atoms with E-state index < -0.39 is 26.0 Å². The van der Waals surface area contributed by atoms with Crippen LogP contribution in [0.4, 0.5) is 11.4 Å². The smallest absolute Gasteiger partial charge is 0.243 e. The van der Waals surface area contributed by atoms with E-state index in [1.54, 1.807) is 24.3 Å². The van der Waals surface area contributed by atoms with Gasteiger partial charge in [0.1, 0.15) is 11.5 Å². The van der Waals surface area contributed by atoms with Crippen molar-refractivity contribution in [1.82, 2.24) is 4.31 Å². The zero-order chi connectivity index (χ0) is 26.3. The molecule has 1 heterocycles. The first-order valence-corrected chi connectivity index (χ1v) is 15.0. The number of carbonyl (C=O) groups excluding carboxylic acids is 1. The number of amides is 1. The lowest BCUT2D eigenvalue weighted by atomic mass is 10.2. The van der Waals surface area contributed by atoms with Gasteiger partial charge in [-0.25, -0.2) is 16.8 Å². The van der Waals surface area contributed by atoms with Crippen molar-refractivity contribution >= 4 is 37.3 Å². The number of anilines is 2. The maximum absolute atomic E-state index is 13.1. The quantitative estimate of drug-likeness (QED) is 0.466. The van der Waals surface area contributed by atoms with Crippen LogP contribution in [0, 0.1) is 0 Å². The van der Waals surface area contributed by atoms with Crippen LogP contribution in [0.3, 0.4) is 0 Å². The molecule has 1 aliphatic heterocycles. The summed E-state index contributed by atoms with van der Waals surface area (Å²) in [5.41, 5.74) is 0.630. The van der Waals surface area contributed by atoms with E-state index in [9.17, 15) is 21.6 Å². The van der Waals surface area contributed by atoms with E-state index in [1.807, 2.05) is 0 Å². The Labute approximate surface area is 213 Å². The summed E-state index contributed by atoms with van der Waals surface area (Å²) in [6.07, 6.45) is 3.97. The predicted molar refractivity (Wildman–Crippen MR) is 139 cm³/mol. The largest absolute Gasteiger partial charge is 0.495 e. The summed E-state index contributed by atoms with van der Waals surface area (Å²) in [4.78, 5) is 12.8. The molecule has 12 heteroatoms. The van der Waals surface area contributed by atoms with E-state index in [2.05, 4.69) is 5.32 Å². The summed E-state index contributed by atoms with van der Waals surface area (Å²) in [6, 6.07) is 11.1. The van der Waals surface area contributed by atoms with Crippen molar-refractivity contribution in [3.63, 3.8) is 0 Å². The van der Waals surface area contributed by atoms with E-state index in [4.69, 9.17) is 9.47 Å². The topological polar surface area (TPSA) is 122 Å². The molecule has 1 aliphatic rings. The maximum Gasteiger partial charge on any atom is 0.243 e. The van der Waals surface area contributed by atoms with Gasteiger partial charge in [-0.2, -0.15) is 4.31 Å². The summed E-state index contributed by atoms with van der Waals surface area (Å²) in [7, 11) is -4.42. The minimum atomic E-state index is -3.69. The van der Waals surface area contributed by atoms with E-state index in [0.717, 1.165) is 25.5 Å². The number of carbonyl (C=O) groups is 1. The molecular formula is C24H33N3O7S2. The van der Waals surface area contributed by atoms with Gasteiger partial charge in [-0.15, -0.1) is 0 Å². The lowest BCUT2D eigenvalue weighted by Crippen LogP contribution is -2.35. The van der Waals surface area contributed by atoms with E-state index in [1.165, 1.54) is 41.0 Å². The van der Waals surface area contributed by atoms with E-state index in [-0.39, 0.29) is 30.0 Å². The van der Waals surface area contributed by atoms with Crippen molar-refractivity contribution in [2.75, 3.05) is 49.7 Å². The van der Waals surface area contributed by atoms with Gasteiger partial charge in [0.2, 0.25) is 26.0 Å². The Morgan fingerprint density at radius 1 is 0.972 bits per heavy atom. The average molecular weight is 540 g/mol. The van der Waals surface area contributed by atoms with E-state index >= 15 is 0 Å². The molecule has 0 aliphatic carbocycles. The maximum atomic E-state index is 13.1. The molecule has 1 fully saturated rings. The molecule has 2 aromatic carbocycles. The minimum Gasteiger partial charge on any atom is -0.495 e. The first-order chi connectivity index (χ1) is 17.1. The number of nitrogens with one attached hydrogen (secondary N) is 1. The number of nitrogens with zero attached hydrogens (tertiary/aromatic N) is 2. The Hall–Kier alpha value is -2.83. The molecule has 0 radical (unpaired) electrons. The molecule has 0 aromatic heterocycles. The number of piperidine rings is 1. The van der Waals surface area contributed by atoms with Gasteiger partial charge in [-0.3, -0.25) is 9.10 Å². The highest BCUT2D eigenvalue weighted by Gasteiger charge is 2.27. The highest BCUT2D eigenvalue weighted by Crippen LogP contribution is 2.31. The van der Waals surface area contributed by atoms with Gasteiger partial charge >= 0.3 is 0 Å². The monoisotopic (exact) mass is 539 g/mol. The highest BCUT2D eigenvalue weighted by atomic mass is 32.2. The molecule has 1 saturated heterocycles. The summed E-state index contributed by atoms with van der Waals surface area (Å²) >= 11 is 0. The van der Waals surface area contributed by atoms with Crippen molar-refractivity contribution in [2.45, 2.75) is 37.0 Å². The van der Waals surface area contributed by atoms with Gasteiger partial charge in [0.05, 0.1) is 36.7 Å². The Morgan fingerprint density at radius 3 is 2.28 bits per heavy atom. The normalized spacial score (nSPS) is 14.8. The van der Waals surface area contributed by atoms with Gasteiger partial charge in [0, 0.05) is 26.1 Å². The fourth-order valence-electron chi connectivity index (χ4n) is 4.10. The second-order valence-corrected chi connectivity index (χ2v) is 12.3. The third-order valence-corrected chi connectivity index (χ3v) is 8.99. The van der Waals surface area contributed by atoms with Gasteiger partial charge in [-0.05, 0) is 49.6 Å². The third kappa shape index (κ3) is 6.68. The van der Waals surface area contributed by atoms with Crippen LogP contribution >= 0.6 is 0 Å². The Kier molecular flexibility index (Phi) is 9.20. The summed E-state index contributed by atoms with van der Waals surface area (Å²) < 4.78 is 64.2. The van der Waals surface area contributed by atoms with Crippen LogP contribution in [-0.4, -0.2) is 67.2 Å². The molecule has 0 bridgehead atoms. The molecule has 198 valence electrons. The SMILES string of the molecule is COc1ccc(S(=O)(=O)N2CCCCC2)cc1NC(=O)CCCN(c1ccccc1OC)S(C)(=O)=O. The van der Waals surface area contributed by atoms with Crippen molar-refractivity contribution in [1.29, 1.82) is 0 Å². The zero-order valence-corrected chi connectivity index (χ0v) is 22.4. The van der Waals surface area contributed by atoms with Crippen molar-refractivity contribution in [2.24, 2.45) is 0 Å². The van der Waals surface area contributed by atoms with Gasteiger partial charge in [-0.1, -0.05) is 18.6 Å². The van der Waals surface area contributed by atoms with Crippen LogP contribution in [0.2, 0.25) is 0 Å². The molecule has 0 saturated carbocycles. The number of ether oxygens (including phenoxy) is 2. The highest BCUT2D eigenvalue weighted by molar-refractivity contribution is 7.92. The van der Waals surface area contributed by atoms with Crippen molar-refractivity contribution < 1.29 is 31.1 Å². The number of hydrogen-bond acceptors (Lipinski definition) is 7. The second-order valence-electron chi connectivity index (χ2n) is 8.49. The number of sulfonamides is 2. The van der Waals surface area contributed by atoms with Crippen LogP contribution in [0.5, 0.6) is 11.5 Å². The number of hydrogen-bond donors (Lipinski definition) is 1. The average Bonchev–Trinajstić information content (AvgIpc) is 2.86. The molecule has 1 N–H and O–H groups in total. The summed E-state index contributed by atoms with van der Waals surface area (Å²) in [5.74, 6) is 0.339. The molecule has 10 nitrogen and oxygen atoms in total. The first-order valence-electron chi connectivity index (χ1n) is 11.7. The number of para-hydroxylation sites is 2. The molecule has 3 rings (SSSR count). The Bertz CT molecular complexity index is 1270. The van der Waals surface area contributed by atoms with Crippen LogP contribution in [0.25, 0.3) is 0 Å². The Morgan fingerprint density at radius 2 is 1.64 bits per heavy atom. The molecular weight excluding hydrogens is 506 g/mol. The van der Waals surface area contributed by atoms with Crippen LogP contribution < -0.4 is 19.1 Å². The Balaban J connectivity index is 1.71. The third-order valence-electron chi connectivity index (χ3n) is 5.92. The van der Waals surface area contributed by atoms with Crippen LogP contribution in [0.15, 0.2) is 47.4 Å². The molecule has 1 amide bonds. The van der Waals surface area contributed by atoms with Gasteiger partial charge in [0.25, 0.3) is 0 Å². The first kappa shape index (κ1) is 27.8. The number of methoxy groups -OCH3 is 2. The molecule has 0 spiro atoms. The molecule has 0 atom stereocenters. The standard InChI is InChI=1S/C24H33N3O7S2/c1-33-22-14-13-19(36(31,32)26-15-7-4-8-16-26)18-20(22)25-24(28)12-9-17-27(35(3,29)30)21-10-5-6-11-23(21)34-2/h5-6,10-11,13-14,18H,4,7-9,12,15-17H2,1-3H3,(H,25,28). The minimum absolute atomic E-state index is 0.00737. The predicted octanol–water partition coefficient (Wildman–Crippen LogP) is 3.06. The van der Waals surface area contributed by atoms with Gasteiger partial charge < -0.3 is 14.8 Å². The molecule has 0 unspecified atom stereocenters. The van der Waals surface area contributed by atoms with E-state index in [0.29, 0.717) is 30.3 Å². The molecule has 36 heavy (non-hydrogen) atoms. The molecule has 2 aromatic rings. The lowest BCUT2D eigenvalue weighted by Gasteiger charge is -2.26. The number of benzene rings is 2. The van der Waals surface area contributed by atoms with Crippen LogP contribution in [0.1, 0.15) is 32.1 Å². The van der Waals surface area contributed by atoms with Gasteiger partial charge in [0.15, 0.2) is 0 Å². The fraction of sp³-hybridized carbons (Fsp3) is 0.458. The van der Waals surface area contributed by atoms with Crippen molar-refractivity contribution in [3.8, 4) is 11.5 Å². The fourth-order valence-corrected chi connectivity index (χ4v) is 6.61. The number of rotatable bonds is 11. The second kappa shape index (κ2) is 11.9. The van der Waals surface area contributed by atoms with Crippen molar-refractivity contribution in [3.05, 3.63) is 42.5 Å². The summed E-state index contributed by atoms with van der Waals surface area (Å²) in [6.45, 7) is 1.01. The summed E-state index contributed by atoms with van der Waals surface area (Å²) in [5, 5.41) is 2.71. The lowest BCUT2D eigenvalue weighted by molar-refractivity contribution is -0.116. The zero-order valence-electron chi connectivity index (χ0n) is 20.8.